The maximum absolute atomic E-state index is 12.4. The van der Waals surface area contributed by atoms with Crippen molar-refractivity contribution < 1.29 is 9.53 Å². The van der Waals surface area contributed by atoms with Crippen molar-refractivity contribution in [1.29, 1.82) is 0 Å². The highest BCUT2D eigenvalue weighted by Gasteiger charge is 2.27. The van der Waals surface area contributed by atoms with Crippen LogP contribution in [-0.4, -0.2) is 59.6 Å². The average Bonchev–Trinajstić information content (AvgIpc) is 3.18. The first-order chi connectivity index (χ1) is 12.3. The highest BCUT2D eigenvalue weighted by Crippen LogP contribution is 2.20. The van der Waals surface area contributed by atoms with Gasteiger partial charge in [-0.25, -0.2) is 9.78 Å². The van der Waals surface area contributed by atoms with Gasteiger partial charge in [-0.1, -0.05) is 25.5 Å². The van der Waals surface area contributed by atoms with E-state index in [1.54, 1.807) is 12.3 Å². The van der Waals surface area contributed by atoms with Gasteiger partial charge < -0.3 is 15.0 Å². The summed E-state index contributed by atoms with van der Waals surface area (Å²) in [6.07, 6.45) is 10.3. The fraction of sp³-hybridized carbons (Fsp3) is 0.579. The molecule has 1 aromatic rings. The Labute approximate surface area is 149 Å². The maximum atomic E-state index is 12.4. The molecule has 0 unspecified atom stereocenters. The summed E-state index contributed by atoms with van der Waals surface area (Å²) in [6.45, 7) is 6.51. The number of nitrogens with one attached hydrogen (secondary N) is 1. The van der Waals surface area contributed by atoms with Crippen LogP contribution in [0.25, 0.3) is 0 Å². The molecule has 6 heteroatoms. The molecule has 0 radical (unpaired) electrons. The van der Waals surface area contributed by atoms with Crippen molar-refractivity contribution in [2.45, 2.75) is 38.6 Å². The largest absolute Gasteiger partial charge is 0.478 e. The number of pyridine rings is 1. The molecule has 1 aromatic heterocycles. The van der Waals surface area contributed by atoms with E-state index < -0.39 is 0 Å². The molecule has 25 heavy (non-hydrogen) atoms. The number of carbonyl (C=O) groups is 1. The summed E-state index contributed by atoms with van der Waals surface area (Å²) in [5, 5.41) is 2.93. The first-order valence-corrected chi connectivity index (χ1v) is 9.30. The van der Waals surface area contributed by atoms with Crippen LogP contribution in [-0.2, 0) is 0 Å². The first-order valence-electron chi connectivity index (χ1n) is 9.30. The second kappa shape index (κ2) is 8.85. The van der Waals surface area contributed by atoms with Crippen molar-refractivity contribution in [2.75, 3.05) is 38.1 Å². The standard InChI is InChI=1S/C19H28N4O2/c1-2-3-14-25-18-7-6-16(15-20-18)21-19(24)23-12-8-17(9-13-23)22-10-4-5-11-22/h4-7,15,17H,2-3,8-14H2,1H3,(H,21,24). The molecular formula is C19H28N4O2. The molecule has 1 fully saturated rings. The van der Waals surface area contributed by atoms with Crippen LogP contribution in [0.2, 0.25) is 0 Å². The highest BCUT2D eigenvalue weighted by atomic mass is 16.5. The zero-order valence-electron chi connectivity index (χ0n) is 15.0. The number of hydrogen-bond donors (Lipinski definition) is 1. The van der Waals surface area contributed by atoms with Crippen LogP contribution in [0.4, 0.5) is 10.5 Å². The van der Waals surface area contributed by atoms with Gasteiger partial charge in [-0.15, -0.1) is 0 Å². The van der Waals surface area contributed by atoms with Crippen LogP contribution in [0, 0.1) is 0 Å². The monoisotopic (exact) mass is 344 g/mol. The lowest BCUT2D eigenvalue weighted by molar-refractivity contribution is 0.144. The van der Waals surface area contributed by atoms with Gasteiger partial charge in [0, 0.05) is 38.3 Å². The van der Waals surface area contributed by atoms with Gasteiger partial charge in [0.25, 0.3) is 0 Å². The van der Waals surface area contributed by atoms with Crippen molar-refractivity contribution in [3.05, 3.63) is 30.5 Å². The van der Waals surface area contributed by atoms with Crippen LogP contribution in [0.1, 0.15) is 32.6 Å². The summed E-state index contributed by atoms with van der Waals surface area (Å²) in [5.41, 5.74) is 0.707. The van der Waals surface area contributed by atoms with Crippen molar-refractivity contribution >= 4 is 11.7 Å². The molecule has 6 nitrogen and oxygen atoms in total. The molecule has 0 spiro atoms. The Morgan fingerprint density at radius 2 is 2.04 bits per heavy atom. The zero-order valence-corrected chi connectivity index (χ0v) is 15.0. The maximum Gasteiger partial charge on any atom is 0.321 e. The third-order valence-corrected chi connectivity index (χ3v) is 4.85. The van der Waals surface area contributed by atoms with Crippen LogP contribution < -0.4 is 10.1 Å². The third kappa shape index (κ3) is 4.95. The fourth-order valence-corrected chi connectivity index (χ4v) is 3.29. The third-order valence-electron chi connectivity index (χ3n) is 4.85. The lowest BCUT2D eigenvalue weighted by Gasteiger charge is -2.36. The molecule has 1 N–H and O–H groups in total. The Hall–Kier alpha value is -2.08. The Morgan fingerprint density at radius 3 is 2.68 bits per heavy atom. The normalized spacial score (nSPS) is 18.5. The predicted molar refractivity (Wildman–Crippen MR) is 99.0 cm³/mol. The molecule has 2 aliphatic rings. The van der Waals surface area contributed by atoms with Crippen molar-refractivity contribution in [3.63, 3.8) is 0 Å². The number of amides is 2. The molecule has 0 atom stereocenters. The Balaban J connectivity index is 1.43. The quantitative estimate of drug-likeness (QED) is 0.636. The van der Waals surface area contributed by atoms with Crippen molar-refractivity contribution in [3.8, 4) is 5.88 Å². The summed E-state index contributed by atoms with van der Waals surface area (Å²) in [4.78, 5) is 21.0. The predicted octanol–water partition coefficient (Wildman–Crippen LogP) is 3.13. The van der Waals surface area contributed by atoms with Gasteiger partial charge in [-0.3, -0.25) is 4.90 Å². The van der Waals surface area contributed by atoms with Crippen molar-refractivity contribution in [1.82, 2.24) is 14.8 Å². The van der Waals surface area contributed by atoms with E-state index in [1.807, 2.05) is 11.0 Å². The summed E-state index contributed by atoms with van der Waals surface area (Å²) in [7, 11) is 0. The number of urea groups is 1. The van der Waals surface area contributed by atoms with Gasteiger partial charge in [-0.05, 0) is 25.3 Å². The molecule has 3 heterocycles. The summed E-state index contributed by atoms with van der Waals surface area (Å²) < 4.78 is 5.54. The van der Waals surface area contributed by atoms with Gasteiger partial charge >= 0.3 is 6.03 Å². The van der Waals surface area contributed by atoms with Gasteiger partial charge in [0.2, 0.25) is 5.88 Å². The summed E-state index contributed by atoms with van der Waals surface area (Å²) >= 11 is 0. The van der Waals surface area contributed by atoms with Gasteiger partial charge in [0.15, 0.2) is 0 Å². The number of piperidine rings is 1. The van der Waals surface area contributed by atoms with Crippen molar-refractivity contribution in [2.24, 2.45) is 0 Å². The molecule has 2 amide bonds. The van der Waals surface area contributed by atoms with E-state index in [4.69, 9.17) is 4.74 Å². The molecule has 0 bridgehead atoms. The number of ether oxygens (including phenoxy) is 1. The van der Waals surface area contributed by atoms with E-state index in [-0.39, 0.29) is 6.03 Å². The molecule has 136 valence electrons. The number of aromatic nitrogens is 1. The van der Waals surface area contributed by atoms with E-state index in [9.17, 15) is 4.79 Å². The molecule has 0 aromatic carbocycles. The number of hydrogen-bond acceptors (Lipinski definition) is 4. The Morgan fingerprint density at radius 1 is 1.28 bits per heavy atom. The van der Waals surface area contributed by atoms with Crippen LogP contribution in [0.15, 0.2) is 30.5 Å². The fourth-order valence-electron chi connectivity index (χ4n) is 3.29. The van der Waals surface area contributed by atoms with Crippen LogP contribution >= 0.6 is 0 Å². The summed E-state index contributed by atoms with van der Waals surface area (Å²) in [5.74, 6) is 0.603. The molecule has 0 saturated carbocycles. The van der Waals surface area contributed by atoms with E-state index in [2.05, 4.69) is 34.3 Å². The smallest absolute Gasteiger partial charge is 0.321 e. The SMILES string of the molecule is CCCCOc1ccc(NC(=O)N2CCC(N3CC=CC3)CC2)cn1. The van der Waals surface area contributed by atoms with E-state index in [1.165, 1.54) is 0 Å². The van der Waals surface area contributed by atoms with E-state index >= 15 is 0 Å². The van der Waals surface area contributed by atoms with E-state index in [0.29, 0.717) is 24.2 Å². The van der Waals surface area contributed by atoms with Gasteiger partial charge in [0.1, 0.15) is 0 Å². The summed E-state index contributed by atoms with van der Waals surface area (Å²) in [6, 6.07) is 4.20. The lowest BCUT2D eigenvalue weighted by atomic mass is 10.0. The first kappa shape index (κ1) is 17.7. The second-order valence-electron chi connectivity index (χ2n) is 6.66. The minimum Gasteiger partial charge on any atom is -0.478 e. The minimum atomic E-state index is -0.0422. The molecular weight excluding hydrogens is 316 g/mol. The van der Waals surface area contributed by atoms with Gasteiger partial charge in [-0.2, -0.15) is 0 Å². The average molecular weight is 344 g/mol. The molecule has 0 aliphatic carbocycles. The van der Waals surface area contributed by atoms with Gasteiger partial charge in [0.05, 0.1) is 18.5 Å². The van der Waals surface area contributed by atoms with Crippen LogP contribution in [0.3, 0.4) is 0 Å². The van der Waals surface area contributed by atoms with Crippen LogP contribution in [0.5, 0.6) is 5.88 Å². The minimum absolute atomic E-state index is 0.0422. The zero-order chi connectivity index (χ0) is 17.5. The number of rotatable bonds is 6. The Bertz CT molecular complexity index is 572. The molecule has 2 aliphatic heterocycles. The topological polar surface area (TPSA) is 57.7 Å². The second-order valence-corrected chi connectivity index (χ2v) is 6.66. The molecule has 3 rings (SSSR count). The Kier molecular flexibility index (Phi) is 6.28. The number of unbranched alkanes of at least 4 members (excludes halogenated alkanes) is 1. The molecule has 1 saturated heterocycles. The number of carbonyl (C=O) groups excluding carboxylic acids is 1. The lowest BCUT2D eigenvalue weighted by Crippen LogP contribution is -2.47. The highest BCUT2D eigenvalue weighted by molar-refractivity contribution is 5.89. The van der Waals surface area contributed by atoms with E-state index in [0.717, 1.165) is 51.9 Å². The number of nitrogens with zero attached hydrogens (tertiary/aromatic N) is 3. The number of anilines is 1. The number of likely N-dealkylation sites (tertiary alicyclic amines) is 1.